The Morgan fingerprint density at radius 2 is 1.65 bits per heavy atom. The molecule has 0 saturated carbocycles. The smallest absolute Gasteiger partial charge is 0.191 e. The third-order valence-electron chi connectivity index (χ3n) is 4.73. The highest BCUT2D eigenvalue weighted by atomic mass is 16.5. The Labute approximate surface area is 181 Å². The largest absolute Gasteiger partial charge is 0.486 e. The van der Waals surface area contributed by atoms with Crippen molar-refractivity contribution >= 4 is 12.0 Å². The number of carbonyl (C=O) groups excluding carboxylic acids is 1. The van der Waals surface area contributed by atoms with Gasteiger partial charge < -0.3 is 4.74 Å². The maximum Gasteiger partial charge on any atom is 0.191 e. The Hall–Kier alpha value is -3.99. The van der Waals surface area contributed by atoms with E-state index >= 15 is 0 Å². The number of aromatic nitrogens is 2. The number of carbonyl (C=O) groups is 1. The molecule has 0 N–H and O–H groups in total. The fourth-order valence-electron chi connectivity index (χ4n) is 3.10. The minimum atomic E-state index is -0.0893. The minimum Gasteiger partial charge on any atom is -0.486 e. The quantitative estimate of drug-likeness (QED) is 0.388. The number of rotatable bonds is 8. The van der Waals surface area contributed by atoms with E-state index in [9.17, 15) is 4.79 Å². The normalized spacial score (nSPS) is 11.0. The van der Waals surface area contributed by atoms with Crippen molar-refractivity contribution < 1.29 is 9.53 Å². The highest BCUT2D eigenvalue weighted by Gasteiger charge is 2.11. The molecule has 3 aromatic carbocycles. The van der Waals surface area contributed by atoms with Crippen molar-refractivity contribution in [1.82, 2.24) is 9.78 Å². The number of aryl methyl sites for hydroxylation is 1. The maximum absolute atomic E-state index is 12.2. The zero-order chi connectivity index (χ0) is 21.5. The number of para-hydroxylation sites is 1. The van der Waals surface area contributed by atoms with Crippen LogP contribution in [0.4, 0.5) is 0 Å². The lowest BCUT2D eigenvalue weighted by Gasteiger charge is -2.04. The van der Waals surface area contributed by atoms with E-state index in [1.807, 2.05) is 103 Å². The molecule has 1 aromatic heterocycles. The Morgan fingerprint density at radius 1 is 0.968 bits per heavy atom. The molecule has 1 heterocycles. The summed E-state index contributed by atoms with van der Waals surface area (Å²) in [6.45, 7) is 2.05. The van der Waals surface area contributed by atoms with Gasteiger partial charge >= 0.3 is 0 Å². The van der Waals surface area contributed by atoms with E-state index < -0.39 is 0 Å². The van der Waals surface area contributed by atoms with E-state index in [2.05, 4.69) is 4.99 Å². The van der Waals surface area contributed by atoms with Gasteiger partial charge in [0, 0.05) is 23.5 Å². The van der Waals surface area contributed by atoms with Gasteiger partial charge in [-0.05, 0) is 31.2 Å². The number of nitrogens with zero attached hydrogens (tertiary/aromatic N) is 3. The third kappa shape index (κ3) is 5.34. The van der Waals surface area contributed by atoms with Crippen LogP contribution in [-0.4, -0.2) is 34.9 Å². The van der Waals surface area contributed by atoms with Crippen LogP contribution in [-0.2, 0) is 4.79 Å². The summed E-state index contributed by atoms with van der Waals surface area (Å²) in [6, 6.07) is 27.5. The van der Waals surface area contributed by atoms with Crippen LogP contribution < -0.4 is 4.74 Å². The van der Waals surface area contributed by atoms with Gasteiger partial charge in [0.05, 0.1) is 5.69 Å². The SMILES string of the molecule is Cc1ccc(OCC(=O)CN=Cc2cn(-c3ccccc3)nc2-c2ccccc2)cc1. The van der Waals surface area contributed by atoms with Crippen molar-refractivity contribution in [3.8, 4) is 22.7 Å². The Balaban J connectivity index is 1.47. The van der Waals surface area contributed by atoms with Gasteiger partial charge in [-0.2, -0.15) is 5.10 Å². The molecule has 31 heavy (non-hydrogen) atoms. The van der Waals surface area contributed by atoms with Gasteiger partial charge in [0.2, 0.25) is 0 Å². The lowest BCUT2D eigenvalue weighted by Crippen LogP contribution is -2.14. The summed E-state index contributed by atoms with van der Waals surface area (Å²) in [5.74, 6) is 0.590. The van der Waals surface area contributed by atoms with Crippen LogP contribution in [0.1, 0.15) is 11.1 Å². The summed E-state index contributed by atoms with van der Waals surface area (Å²) in [7, 11) is 0. The van der Waals surface area contributed by atoms with Gasteiger partial charge in [-0.3, -0.25) is 9.79 Å². The molecule has 0 aliphatic rings. The average molecular weight is 409 g/mol. The second-order valence-electron chi connectivity index (χ2n) is 7.19. The molecule has 5 nitrogen and oxygen atoms in total. The van der Waals surface area contributed by atoms with E-state index in [-0.39, 0.29) is 18.9 Å². The highest BCUT2D eigenvalue weighted by Crippen LogP contribution is 2.22. The van der Waals surface area contributed by atoms with Gasteiger partial charge in [0.1, 0.15) is 24.6 Å². The third-order valence-corrected chi connectivity index (χ3v) is 4.73. The second-order valence-corrected chi connectivity index (χ2v) is 7.19. The molecule has 4 rings (SSSR count). The molecule has 0 aliphatic carbocycles. The molecule has 0 amide bonds. The predicted octanol–water partition coefficient (Wildman–Crippen LogP) is 4.91. The zero-order valence-electron chi connectivity index (χ0n) is 17.3. The van der Waals surface area contributed by atoms with Gasteiger partial charge in [0.15, 0.2) is 5.78 Å². The second kappa shape index (κ2) is 9.67. The molecule has 0 bridgehead atoms. The summed E-state index contributed by atoms with van der Waals surface area (Å²) in [5.41, 5.74) is 4.77. The Morgan fingerprint density at radius 3 is 2.35 bits per heavy atom. The summed E-state index contributed by atoms with van der Waals surface area (Å²) in [5, 5.41) is 4.75. The molecule has 4 aromatic rings. The number of ether oxygens (including phenoxy) is 1. The van der Waals surface area contributed by atoms with Gasteiger partial charge in [-0.1, -0.05) is 66.2 Å². The van der Waals surface area contributed by atoms with Crippen molar-refractivity contribution in [2.75, 3.05) is 13.2 Å². The lowest BCUT2D eigenvalue weighted by atomic mass is 10.1. The van der Waals surface area contributed by atoms with Crippen LogP contribution in [0.3, 0.4) is 0 Å². The Bertz CT molecular complexity index is 1160. The molecule has 0 fully saturated rings. The molecular weight excluding hydrogens is 386 g/mol. The molecule has 154 valence electrons. The lowest BCUT2D eigenvalue weighted by molar-refractivity contribution is -0.119. The fraction of sp³-hybridized carbons (Fsp3) is 0.115. The van der Waals surface area contributed by atoms with Crippen LogP contribution in [0.5, 0.6) is 5.75 Å². The minimum absolute atomic E-state index is 0.00474. The predicted molar refractivity (Wildman–Crippen MR) is 123 cm³/mol. The molecule has 0 spiro atoms. The maximum atomic E-state index is 12.2. The van der Waals surface area contributed by atoms with Crippen molar-refractivity contribution in [3.63, 3.8) is 0 Å². The molecule has 0 saturated heterocycles. The van der Waals surface area contributed by atoms with E-state index in [1.165, 1.54) is 0 Å². The monoisotopic (exact) mass is 409 g/mol. The molecule has 5 heteroatoms. The number of Topliss-reactive ketones (excluding diaryl/α,β-unsaturated/α-hetero) is 1. The van der Waals surface area contributed by atoms with Crippen LogP contribution in [0, 0.1) is 6.92 Å². The first-order valence-electron chi connectivity index (χ1n) is 10.1. The number of ketones is 1. The van der Waals surface area contributed by atoms with Crippen LogP contribution in [0.2, 0.25) is 0 Å². The first-order chi connectivity index (χ1) is 15.2. The molecule has 0 unspecified atom stereocenters. The van der Waals surface area contributed by atoms with Crippen molar-refractivity contribution in [3.05, 3.63) is 102 Å². The van der Waals surface area contributed by atoms with E-state index in [4.69, 9.17) is 9.84 Å². The molecule has 0 atom stereocenters. The summed E-state index contributed by atoms with van der Waals surface area (Å²) in [4.78, 5) is 16.5. The summed E-state index contributed by atoms with van der Waals surface area (Å²) in [6.07, 6.45) is 3.63. The number of hydrogen-bond acceptors (Lipinski definition) is 4. The number of benzene rings is 3. The zero-order valence-corrected chi connectivity index (χ0v) is 17.3. The first kappa shape index (κ1) is 20.3. The standard InChI is InChI=1S/C26H23N3O2/c1-20-12-14-25(15-13-20)31-19-24(30)17-27-16-22-18-29(23-10-6-3-7-11-23)28-26(22)21-8-4-2-5-9-21/h2-16,18H,17,19H2,1H3. The Kier molecular flexibility index (Phi) is 6.33. The average Bonchev–Trinajstić information content (AvgIpc) is 3.24. The fourth-order valence-corrected chi connectivity index (χ4v) is 3.10. The van der Waals surface area contributed by atoms with Crippen molar-refractivity contribution in [1.29, 1.82) is 0 Å². The van der Waals surface area contributed by atoms with Crippen molar-refractivity contribution in [2.24, 2.45) is 4.99 Å². The first-order valence-corrected chi connectivity index (χ1v) is 10.1. The van der Waals surface area contributed by atoms with Gasteiger partial charge in [-0.15, -0.1) is 0 Å². The molecule has 0 radical (unpaired) electrons. The van der Waals surface area contributed by atoms with Crippen LogP contribution >= 0.6 is 0 Å². The summed E-state index contributed by atoms with van der Waals surface area (Å²) >= 11 is 0. The molecular formula is C26H23N3O2. The highest BCUT2D eigenvalue weighted by molar-refractivity contribution is 5.91. The van der Waals surface area contributed by atoms with Gasteiger partial charge in [0.25, 0.3) is 0 Å². The topological polar surface area (TPSA) is 56.5 Å². The van der Waals surface area contributed by atoms with E-state index in [0.29, 0.717) is 5.75 Å². The van der Waals surface area contributed by atoms with E-state index in [0.717, 1.165) is 28.1 Å². The van der Waals surface area contributed by atoms with Crippen LogP contribution in [0.15, 0.2) is 96.1 Å². The van der Waals surface area contributed by atoms with E-state index in [1.54, 1.807) is 6.21 Å². The van der Waals surface area contributed by atoms with Crippen molar-refractivity contribution in [2.45, 2.75) is 6.92 Å². The number of hydrogen-bond donors (Lipinski definition) is 0. The van der Waals surface area contributed by atoms with Gasteiger partial charge in [-0.25, -0.2) is 4.68 Å². The molecule has 0 aliphatic heterocycles. The van der Waals surface area contributed by atoms with Crippen LogP contribution in [0.25, 0.3) is 16.9 Å². The summed E-state index contributed by atoms with van der Waals surface area (Å²) < 4.78 is 7.37. The number of aliphatic imine (C=N–C) groups is 1.